The fraction of sp³-hybridized carbons (Fsp3) is 0.125. The number of halogens is 4. The van der Waals surface area contributed by atoms with Gasteiger partial charge >= 0.3 is 0 Å². The fourth-order valence-corrected chi connectivity index (χ4v) is 2.40. The number of hydrogen-bond acceptors (Lipinski definition) is 2. The lowest BCUT2D eigenvalue weighted by Crippen LogP contribution is -2.35. The molecule has 0 aliphatic carbocycles. The van der Waals surface area contributed by atoms with Crippen LogP contribution in [0.5, 0.6) is 0 Å². The largest absolute Gasteiger partial charge is 0.332 e. The molecule has 4 nitrogen and oxygen atoms in total. The maximum atomic E-state index is 13.7. The molecule has 2 rings (SSSR count). The highest BCUT2D eigenvalue weighted by Crippen LogP contribution is 2.25. The summed E-state index contributed by atoms with van der Waals surface area (Å²) in [7, 11) is 1.39. The number of nitrogens with one attached hydrogen (secondary N) is 1. The summed E-state index contributed by atoms with van der Waals surface area (Å²) >= 11 is 17.4. The summed E-state index contributed by atoms with van der Waals surface area (Å²) in [6, 6.07) is 8.25. The van der Waals surface area contributed by atoms with Crippen molar-refractivity contribution in [3.05, 3.63) is 62.8 Å². The first kappa shape index (κ1) is 18.5. The number of anilines is 1. The Morgan fingerprint density at radius 1 is 1.08 bits per heavy atom. The molecule has 0 saturated carbocycles. The van der Waals surface area contributed by atoms with Gasteiger partial charge in [0.15, 0.2) is 0 Å². The van der Waals surface area contributed by atoms with Crippen molar-refractivity contribution in [2.24, 2.45) is 0 Å². The molecule has 2 amide bonds. The van der Waals surface area contributed by atoms with Crippen LogP contribution < -0.4 is 5.32 Å². The van der Waals surface area contributed by atoms with Crippen LogP contribution >= 0.6 is 34.8 Å². The quantitative estimate of drug-likeness (QED) is 0.837. The van der Waals surface area contributed by atoms with Crippen LogP contribution in [0, 0.1) is 5.82 Å². The summed E-state index contributed by atoms with van der Waals surface area (Å²) in [5.74, 6) is -1.83. The number of nitrogens with zero attached hydrogens (tertiary/aromatic N) is 1. The highest BCUT2D eigenvalue weighted by atomic mass is 35.5. The molecule has 0 radical (unpaired) electrons. The Kier molecular flexibility index (Phi) is 6.04. The van der Waals surface area contributed by atoms with Gasteiger partial charge in [0.05, 0.1) is 22.2 Å². The van der Waals surface area contributed by atoms with Gasteiger partial charge < -0.3 is 10.2 Å². The molecular weight excluding hydrogens is 378 g/mol. The fourth-order valence-electron chi connectivity index (χ4n) is 1.93. The molecule has 0 bridgehead atoms. The molecule has 0 saturated heterocycles. The lowest BCUT2D eigenvalue weighted by atomic mass is 10.2. The van der Waals surface area contributed by atoms with Gasteiger partial charge in [-0.2, -0.15) is 0 Å². The summed E-state index contributed by atoms with van der Waals surface area (Å²) in [5.41, 5.74) is 0.233. The van der Waals surface area contributed by atoms with Crippen LogP contribution in [0.25, 0.3) is 0 Å². The molecule has 2 aromatic rings. The molecule has 24 heavy (non-hydrogen) atoms. The number of amides is 2. The van der Waals surface area contributed by atoms with E-state index in [2.05, 4.69) is 5.32 Å². The normalized spacial score (nSPS) is 10.4. The van der Waals surface area contributed by atoms with Gasteiger partial charge in [0, 0.05) is 17.8 Å². The Hall–Kier alpha value is -1.82. The van der Waals surface area contributed by atoms with E-state index in [9.17, 15) is 14.0 Å². The Bertz CT molecular complexity index is 799. The smallest absolute Gasteiger partial charge is 0.257 e. The van der Waals surface area contributed by atoms with Gasteiger partial charge in [-0.25, -0.2) is 4.39 Å². The topological polar surface area (TPSA) is 49.4 Å². The van der Waals surface area contributed by atoms with Crippen LogP contribution in [-0.4, -0.2) is 30.3 Å². The van der Waals surface area contributed by atoms with Crippen molar-refractivity contribution >= 4 is 52.3 Å². The average Bonchev–Trinajstić information content (AvgIpc) is 2.52. The molecule has 126 valence electrons. The third-order valence-electron chi connectivity index (χ3n) is 3.09. The zero-order chi connectivity index (χ0) is 17.9. The van der Waals surface area contributed by atoms with Crippen LogP contribution in [0.1, 0.15) is 10.4 Å². The Labute approximate surface area is 153 Å². The van der Waals surface area contributed by atoms with Gasteiger partial charge in [-0.15, -0.1) is 0 Å². The van der Waals surface area contributed by atoms with Gasteiger partial charge in [0.1, 0.15) is 5.82 Å². The maximum Gasteiger partial charge on any atom is 0.257 e. The van der Waals surface area contributed by atoms with Gasteiger partial charge in [-0.3, -0.25) is 9.59 Å². The van der Waals surface area contributed by atoms with E-state index in [0.717, 1.165) is 11.0 Å². The monoisotopic (exact) mass is 388 g/mol. The second kappa shape index (κ2) is 7.83. The van der Waals surface area contributed by atoms with Crippen LogP contribution in [0.4, 0.5) is 10.1 Å². The minimum Gasteiger partial charge on any atom is -0.332 e. The number of rotatable bonds is 4. The zero-order valence-corrected chi connectivity index (χ0v) is 14.7. The number of carbonyl (C=O) groups is 2. The van der Waals surface area contributed by atoms with Gasteiger partial charge in [-0.1, -0.05) is 34.8 Å². The standard InChI is InChI=1S/C16H12Cl3FN2O2/c1-22(16(24)11-6-9(17)2-5-14(11)20)8-15(23)21-10-3-4-12(18)13(19)7-10/h2-7H,8H2,1H3,(H,21,23). The molecule has 0 aliphatic heterocycles. The van der Waals surface area contributed by atoms with E-state index >= 15 is 0 Å². The van der Waals surface area contributed by atoms with E-state index in [1.807, 2.05) is 0 Å². The predicted molar refractivity (Wildman–Crippen MR) is 93.5 cm³/mol. The number of carbonyl (C=O) groups excluding carboxylic acids is 2. The first-order valence-electron chi connectivity index (χ1n) is 6.73. The summed E-state index contributed by atoms with van der Waals surface area (Å²) < 4.78 is 13.7. The second-order valence-corrected chi connectivity index (χ2v) is 6.21. The second-order valence-electron chi connectivity index (χ2n) is 4.96. The maximum absolute atomic E-state index is 13.7. The SMILES string of the molecule is CN(CC(=O)Nc1ccc(Cl)c(Cl)c1)C(=O)c1cc(Cl)ccc1F. The molecule has 0 aliphatic rings. The number of benzene rings is 2. The molecule has 0 atom stereocenters. The Balaban J connectivity index is 2.04. The van der Waals surface area contributed by atoms with Crippen molar-refractivity contribution in [3.8, 4) is 0 Å². The van der Waals surface area contributed by atoms with Crippen LogP contribution in [0.15, 0.2) is 36.4 Å². The van der Waals surface area contributed by atoms with Crippen molar-refractivity contribution in [1.82, 2.24) is 4.90 Å². The first-order chi connectivity index (χ1) is 11.3. The molecule has 0 spiro atoms. The molecule has 0 unspecified atom stereocenters. The van der Waals surface area contributed by atoms with Crippen molar-refractivity contribution in [3.63, 3.8) is 0 Å². The summed E-state index contributed by atoms with van der Waals surface area (Å²) in [6.07, 6.45) is 0. The highest BCUT2D eigenvalue weighted by molar-refractivity contribution is 6.42. The first-order valence-corrected chi connectivity index (χ1v) is 7.86. The average molecular weight is 390 g/mol. The molecular formula is C16H12Cl3FN2O2. The third-order valence-corrected chi connectivity index (χ3v) is 4.06. The van der Waals surface area contributed by atoms with E-state index < -0.39 is 17.6 Å². The zero-order valence-electron chi connectivity index (χ0n) is 12.4. The summed E-state index contributed by atoms with van der Waals surface area (Å²) in [6.45, 7) is -0.273. The summed E-state index contributed by atoms with van der Waals surface area (Å²) in [5, 5.41) is 3.46. The number of hydrogen-bond donors (Lipinski definition) is 1. The minimum absolute atomic E-state index is 0.202. The van der Waals surface area contributed by atoms with Gasteiger partial charge in [0.2, 0.25) is 5.91 Å². The van der Waals surface area contributed by atoms with Gasteiger partial charge in [-0.05, 0) is 36.4 Å². The lowest BCUT2D eigenvalue weighted by molar-refractivity contribution is -0.116. The van der Waals surface area contributed by atoms with Crippen molar-refractivity contribution in [2.45, 2.75) is 0 Å². The predicted octanol–water partition coefficient (Wildman–Crippen LogP) is 4.50. The van der Waals surface area contributed by atoms with E-state index in [-0.39, 0.29) is 17.1 Å². The van der Waals surface area contributed by atoms with Gasteiger partial charge in [0.25, 0.3) is 5.91 Å². The number of likely N-dealkylation sites (N-methyl/N-ethyl adjacent to an activating group) is 1. The highest BCUT2D eigenvalue weighted by Gasteiger charge is 2.19. The summed E-state index contributed by atoms with van der Waals surface area (Å²) in [4.78, 5) is 25.3. The van der Waals surface area contributed by atoms with E-state index in [1.165, 1.54) is 31.3 Å². The van der Waals surface area contributed by atoms with Crippen molar-refractivity contribution in [1.29, 1.82) is 0 Å². The van der Waals surface area contributed by atoms with E-state index in [1.54, 1.807) is 6.07 Å². The van der Waals surface area contributed by atoms with Crippen molar-refractivity contribution in [2.75, 3.05) is 18.9 Å². The van der Waals surface area contributed by atoms with Crippen LogP contribution in [0.2, 0.25) is 15.1 Å². The van der Waals surface area contributed by atoms with E-state index in [0.29, 0.717) is 15.7 Å². The van der Waals surface area contributed by atoms with Crippen LogP contribution in [0.3, 0.4) is 0 Å². The molecule has 0 aromatic heterocycles. The molecule has 8 heteroatoms. The minimum atomic E-state index is -0.707. The molecule has 1 N–H and O–H groups in total. The lowest BCUT2D eigenvalue weighted by Gasteiger charge is -2.17. The molecule has 0 fully saturated rings. The Morgan fingerprint density at radius 2 is 1.79 bits per heavy atom. The van der Waals surface area contributed by atoms with E-state index in [4.69, 9.17) is 34.8 Å². The third kappa shape index (κ3) is 4.60. The molecule has 0 heterocycles. The Morgan fingerprint density at radius 3 is 2.46 bits per heavy atom. The van der Waals surface area contributed by atoms with Crippen molar-refractivity contribution < 1.29 is 14.0 Å². The molecule has 2 aromatic carbocycles. The van der Waals surface area contributed by atoms with Crippen LogP contribution in [-0.2, 0) is 4.79 Å².